The van der Waals surface area contributed by atoms with Gasteiger partial charge in [-0.2, -0.15) is 0 Å². The Labute approximate surface area is 122 Å². The third-order valence-electron chi connectivity index (χ3n) is 3.74. The molecule has 2 aromatic rings. The van der Waals surface area contributed by atoms with Gasteiger partial charge in [0.1, 0.15) is 5.52 Å². The highest BCUT2D eigenvalue weighted by molar-refractivity contribution is 6.37. The molecule has 1 aliphatic heterocycles. The molecule has 1 aromatic carbocycles. The molecule has 1 saturated heterocycles. The zero-order valence-corrected chi connectivity index (χ0v) is 12.3. The molecule has 0 radical (unpaired) electrons. The van der Waals surface area contributed by atoms with E-state index in [4.69, 9.17) is 27.6 Å². The van der Waals surface area contributed by atoms with E-state index in [0.717, 1.165) is 43.6 Å². The Hall–Kier alpha value is -0.770. The number of benzene rings is 1. The molecule has 1 unspecified atom stereocenters. The summed E-state index contributed by atoms with van der Waals surface area (Å²) < 4.78 is 5.93. The number of hydrogen-bond acceptors (Lipinski definition) is 3. The number of aromatic nitrogens is 1. The summed E-state index contributed by atoms with van der Waals surface area (Å²) in [4.78, 5) is 4.61. The molecule has 0 amide bonds. The van der Waals surface area contributed by atoms with Gasteiger partial charge in [0.2, 0.25) is 5.89 Å². The second-order valence-electron chi connectivity index (χ2n) is 5.12. The zero-order valence-electron chi connectivity index (χ0n) is 10.8. The average Bonchev–Trinajstić information content (AvgIpc) is 2.96. The Morgan fingerprint density at radius 3 is 2.95 bits per heavy atom. The number of rotatable bonds is 3. The monoisotopic (exact) mass is 298 g/mol. The van der Waals surface area contributed by atoms with E-state index >= 15 is 0 Å². The van der Waals surface area contributed by atoms with E-state index in [1.54, 1.807) is 12.1 Å². The van der Waals surface area contributed by atoms with Crippen molar-refractivity contribution < 1.29 is 4.42 Å². The quantitative estimate of drug-likeness (QED) is 0.906. The largest absolute Gasteiger partial charge is 0.437 e. The first-order valence-corrected chi connectivity index (χ1v) is 7.41. The molecule has 3 rings (SSSR count). The van der Waals surface area contributed by atoms with Gasteiger partial charge in [-0.05, 0) is 37.9 Å². The lowest BCUT2D eigenvalue weighted by Crippen LogP contribution is -2.36. The second kappa shape index (κ2) is 4.97. The molecule has 102 valence electrons. The maximum Gasteiger partial charge on any atom is 0.215 e. The molecule has 1 aromatic heterocycles. The van der Waals surface area contributed by atoms with Crippen molar-refractivity contribution >= 4 is 34.3 Å². The summed E-state index contributed by atoms with van der Waals surface area (Å²) in [6.45, 7) is 3.18. The third-order valence-corrected chi connectivity index (χ3v) is 4.24. The second-order valence-corrected chi connectivity index (χ2v) is 5.96. The molecule has 1 fully saturated rings. The fourth-order valence-corrected chi connectivity index (χ4v) is 3.42. The summed E-state index contributed by atoms with van der Waals surface area (Å²) in [5.74, 6) is 0.742. The Balaban J connectivity index is 2.11. The smallest absolute Gasteiger partial charge is 0.215 e. The molecule has 0 aliphatic carbocycles. The number of halogens is 2. The summed E-state index contributed by atoms with van der Waals surface area (Å²) >= 11 is 12.2. The van der Waals surface area contributed by atoms with Crippen molar-refractivity contribution in [3.8, 4) is 0 Å². The van der Waals surface area contributed by atoms with E-state index in [0.29, 0.717) is 15.6 Å². The Morgan fingerprint density at radius 2 is 2.26 bits per heavy atom. The Kier molecular flexibility index (Phi) is 3.46. The minimum atomic E-state index is -0.135. The minimum absolute atomic E-state index is 0.135. The highest BCUT2D eigenvalue weighted by Gasteiger charge is 2.39. The summed E-state index contributed by atoms with van der Waals surface area (Å²) in [5.41, 5.74) is 1.23. The van der Waals surface area contributed by atoms with Crippen molar-refractivity contribution in [1.29, 1.82) is 0 Å². The van der Waals surface area contributed by atoms with Crippen LogP contribution in [0.15, 0.2) is 16.5 Å². The van der Waals surface area contributed by atoms with Crippen LogP contribution in [0.4, 0.5) is 0 Å². The van der Waals surface area contributed by atoms with Crippen molar-refractivity contribution in [2.24, 2.45) is 0 Å². The molecule has 0 spiro atoms. The van der Waals surface area contributed by atoms with Crippen LogP contribution < -0.4 is 5.32 Å². The maximum absolute atomic E-state index is 6.17. The van der Waals surface area contributed by atoms with Crippen molar-refractivity contribution in [1.82, 2.24) is 10.3 Å². The highest BCUT2D eigenvalue weighted by Crippen LogP contribution is 2.38. The zero-order chi connectivity index (χ0) is 13.5. The number of nitrogens with zero attached hydrogens (tertiary/aromatic N) is 1. The van der Waals surface area contributed by atoms with Gasteiger partial charge in [-0.1, -0.05) is 36.5 Å². The molecule has 1 N–H and O–H groups in total. The van der Waals surface area contributed by atoms with Gasteiger partial charge in [0, 0.05) is 5.02 Å². The van der Waals surface area contributed by atoms with Crippen LogP contribution in [0.5, 0.6) is 0 Å². The van der Waals surface area contributed by atoms with Gasteiger partial charge in [-0.15, -0.1) is 0 Å². The summed E-state index contributed by atoms with van der Waals surface area (Å²) in [7, 11) is 0. The van der Waals surface area contributed by atoms with Crippen molar-refractivity contribution in [2.75, 3.05) is 6.54 Å². The summed E-state index contributed by atoms with van der Waals surface area (Å²) in [5, 5.41) is 4.65. The van der Waals surface area contributed by atoms with Crippen LogP contribution in [0.2, 0.25) is 10.0 Å². The minimum Gasteiger partial charge on any atom is -0.437 e. The SMILES string of the molecule is CCCC1(c2nc3cc(Cl)cc(Cl)c3o2)CCCN1. The van der Waals surface area contributed by atoms with Crippen LogP contribution in [0, 0.1) is 0 Å². The lowest BCUT2D eigenvalue weighted by atomic mass is 9.92. The van der Waals surface area contributed by atoms with Gasteiger partial charge < -0.3 is 9.73 Å². The van der Waals surface area contributed by atoms with Crippen molar-refractivity contribution in [2.45, 2.75) is 38.1 Å². The van der Waals surface area contributed by atoms with Crippen LogP contribution in [0.3, 0.4) is 0 Å². The van der Waals surface area contributed by atoms with Gasteiger partial charge >= 0.3 is 0 Å². The Bertz CT molecular complexity index is 603. The fourth-order valence-electron chi connectivity index (χ4n) is 2.90. The molecule has 0 saturated carbocycles. The topological polar surface area (TPSA) is 38.1 Å². The summed E-state index contributed by atoms with van der Waals surface area (Å²) in [6.07, 6.45) is 4.30. The van der Waals surface area contributed by atoms with E-state index in [1.807, 2.05) is 0 Å². The van der Waals surface area contributed by atoms with E-state index in [1.165, 1.54) is 0 Å². The van der Waals surface area contributed by atoms with E-state index < -0.39 is 0 Å². The predicted molar refractivity (Wildman–Crippen MR) is 77.9 cm³/mol. The molecule has 3 nitrogen and oxygen atoms in total. The number of nitrogens with one attached hydrogen (secondary N) is 1. The normalized spacial score (nSPS) is 23.3. The van der Waals surface area contributed by atoms with Gasteiger partial charge in [-0.3, -0.25) is 0 Å². The molecule has 0 bridgehead atoms. The lowest BCUT2D eigenvalue weighted by Gasteiger charge is -2.25. The van der Waals surface area contributed by atoms with Gasteiger partial charge in [0.25, 0.3) is 0 Å². The standard InChI is InChI=1S/C14H16Cl2N2O/c1-2-4-14(5-3-6-17-14)13-18-11-8-9(15)7-10(16)12(11)19-13/h7-8,17H,2-6H2,1H3. The first-order chi connectivity index (χ1) is 9.14. The van der Waals surface area contributed by atoms with Crippen LogP contribution in [0.25, 0.3) is 11.1 Å². The fraction of sp³-hybridized carbons (Fsp3) is 0.500. The third kappa shape index (κ3) is 2.24. The highest BCUT2D eigenvalue weighted by atomic mass is 35.5. The first kappa shape index (κ1) is 13.2. The van der Waals surface area contributed by atoms with Crippen LogP contribution in [0.1, 0.15) is 38.5 Å². The van der Waals surface area contributed by atoms with Crippen LogP contribution in [-0.2, 0) is 5.54 Å². The van der Waals surface area contributed by atoms with Gasteiger partial charge in [0.05, 0.1) is 10.6 Å². The molecule has 5 heteroatoms. The van der Waals surface area contributed by atoms with Gasteiger partial charge in [0.15, 0.2) is 5.58 Å². The average molecular weight is 299 g/mol. The van der Waals surface area contributed by atoms with E-state index in [-0.39, 0.29) is 5.54 Å². The molecular formula is C14H16Cl2N2O. The number of hydrogen-bond donors (Lipinski definition) is 1. The predicted octanol–water partition coefficient (Wildman–Crippen LogP) is 4.51. The van der Waals surface area contributed by atoms with E-state index in [9.17, 15) is 0 Å². The molecular weight excluding hydrogens is 283 g/mol. The lowest BCUT2D eigenvalue weighted by molar-refractivity contribution is 0.280. The van der Waals surface area contributed by atoms with Gasteiger partial charge in [-0.25, -0.2) is 4.98 Å². The van der Waals surface area contributed by atoms with Crippen LogP contribution >= 0.6 is 23.2 Å². The first-order valence-electron chi connectivity index (χ1n) is 6.66. The number of fused-ring (bicyclic) bond motifs is 1. The Morgan fingerprint density at radius 1 is 1.42 bits per heavy atom. The molecule has 1 atom stereocenters. The molecule has 1 aliphatic rings. The van der Waals surface area contributed by atoms with Crippen molar-refractivity contribution in [3.05, 3.63) is 28.1 Å². The van der Waals surface area contributed by atoms with Crippen LogP contribution in [-0.4, -0.2) is 11.5 Å². The van der Waals surface area contributed by atoms with E-state index in [2.05, 4.69) is 17.2 Å². The summed E-state index contributed by atoms with van der Waals surface area (Å²) in [6, 6.07) is 3.49. The molecule has 2 heterocycles. The molecule has 19 heavy (non-hydrogen) atoms. The number of oxazole rings is 1. The van der Waals surface area contributed by atoms with Crippen molar-refractivity contribution in [3.63, 3.8) is 0 Å². The maximum atomic E-state index is 6.17.